The van der Waals surface area contributed by atoms with Crippen LogP contribution in [-0.2, 0) is 0 Å². The van der Waals surface area contributed by atoms with E-state index >= 15 is 0 Å². The van der Waals surface area contributed by atoms with Gasteiger partial charge in [0, 0.05) is 5.02 Å². The maximum atomic E-state index is 6.40. The standard InChI is InChI=1S/C17H21ClN2/c1-11(2)13-7-9-14(10-8-13)17(20-19)15-6-4-5-12(3)16(15)18/h4-11,17,20H,19H2,1-3H3. The lowest BCUT2D eigenvalue weighted by molar-refractivity contribution is 0.636. The van der Waals surface area contributed by atoms with E-state index in [9.17, 15) is 0 Å². The number of rotatable bonds is 4. The van der Waals surface area contributed by atoms with E-state index in [0.717, 1.165) is 21.7 Å². The molecule has 0 bridgehead atoms. The molecule has 0 spiro atoms. The Labute approximate surface area is 125 Å². The second-order valence-electron chi connectivity index (χ2n) is 5.40. The molecular formula is C17H21ClN2. The van der Waals surface area contributed by atoms with Crippen molar-refractivity contribution in [2.45, 2.75) is 32.7 Å². The molecule has 2 nitrogen and oxygen atoms in total. The first-order chi connectivity index (χ1) is 9.54. The zero-order chi connectivity index (χ0) is 14.7. The summed E-state index contributed by atoms with van der Waals surface area (Å²) in [6, 6.07) is 14.4. The number of hydrazine groups is 1. The number of hydrogen-bond donors (Lipinski definition) is 2. The number of halogens is 1. The molecule has 0 heterocycles. The fraction of sp³-hybridized carbons (Fsp3) is 0.294. The van der Waals surface area contributed by atoms with Crippen molar-refractivity contribution in [3.8, 4) is 0 Å². The first-order valence-electron chi connectivity index (χ1n) is 6.85. The fourth-order valence-corrected chi connectivity index (χ4v) is 2.57. The number of nitrogens with one attached hydrogen (secondary N) is 1. The van der Waals surface area contributed by atoms with E-state index in [1.165, 1.54) is 5.56 Å². The van der Waals surface area contributed by atoms with Gasteiger partial charge in [0.15, 0.2) is 0 Å². The number of hydrogen-bond acceptors (Lipinski definition) is 2. The molecule has 0 saturated heterocycles. The van der Waals surface area contributed by atoms with Gasteiger partial charge in [-0.2, -0.15) is 0 Å². The maximum Gasteiger partial charge on any atom is 0.0724 e. The van der Waals surface area contributed by atoms with Crippen molar-refractivity contribution in [2.24, 2.45) is 5.84 Å². The van der Waals surface area contributed by atoms with Crippen molar-refractivity contribution in [1.82, 2.24) is 5.43 Å². The third kappa shape index (κ3) is 3.04. The van der Waals surface area contributed by atoms with Crippen LogP contribution in [0.25, 0.3) is 0 Å². The summed E-state index contributed by atoms with van der Waals surface area (Å²) < 4.78 is 0. The maximum absolute atomic E-state index is 6.40. The minimum Gasteiger partial charge on any atom is -0.271 e. The predicted molar refractivity (Wildman–Crippen MR) is 85.9 cm³/mol. The van der Waals surface area contributed by atoms with Crippen LogP contribution in [0.1, 0.15) is 48.1 Å². The molecule has 20 heavy (non-hydrogen) atoms. The molecule has 0 radical (unpaired) electrons. The first-order valence-corrected chi connectivity index (χ1v) is 7.23. The Hall–Kier alpha value is -1.35. The summed E-state index contributed by atoms with van der Waals surface area (Å²) in [4.78, 5) is 0. The van der Waals surface area contributed by atoms with Crippen LogP contribution in [0.5, 0.6) is 0 Å². The smallest absolute Gasteiger partial charge is 0.0724 e. The summed E-state index contributed by atoms with van der Waals surface area (Å²) in [6.45, 7) is 6.37. The summed E-state index contributed by atoms with van der Waals surface area (Å²) in [5.74, 6) is 6.27. The summed E-state index contributed by atoms with van der Waals surface area (Å²) in [6.07, 6.45) is 0. The molecular weight excluding hydrogens is 268 g/mol. The molecule has 2 aromatic rings. The molecule has 2 aromatic carbocycles. The van der Waals surface area contributed by atoms with Crippen molar-refractivity contribution >= 4 is 11.6 Å². The van der Waals surface area contributed by atoms with Crippen LogP contribution < -0.4 is 11.3 Å². The van der Waals surface area contributed by atoms with E-state index in [1.807, 2.05) is 25.1 Å². The van der Waals surface area contributed by atoms with E-state index in [-0.39, 0.29) is 6.04 Å². The lowest BCUT2D eigenvalue weighted by atomic mass is 9.95. The molecule has 106 valence electrons. The van der Waals surface area contributed by atoms with Crippen molar-refractivity contribution in [3.05, 3.63) is 69.7 Å². The Morgan fingerprint density at radius 2 is 1.60 bits per heavy atom. The van der Waals surface area contributed by atoms with Gasteiger partial charge >= 0.3 is 0 Å². The van der Waals surface area contributed by atoms with Crippen molar-refractivity contribution in [3.63, 3.8) is 0 Å². The Morgan fingerprint density at radius 3 is 2.15 bits per heavy atom. The Kier molecular flexibility index (Phi) is 4.81. The number of nitrogens with two attached hydrogens (primary N) is 1. The lowest BCUT2D eigenvalue weighted by Crippen LogP contribution is -2.29. The van der Waals surface area contributed by atoms with Gasteiger partial charge in [-0.15, -0.1) is 0 Å². The topological polar surface area (TPSA) is 38.0 Å². The molecule has 1 atom stereocenters. The van der Waals surface area contributed by atoms with Crippen LogP contribution in [0.15, 0.2) is 42.5 Å². The van der Waals surface area contributed by atoms with Gasteiger partial charge in [-0.05, 0) is 35.1 Å². The SMILES string of the molecule is Cc1cccc(C(NN)c2ccc(C(C)C)cc2)c1Cl. The predicted octanol–water partition coefficient (Wildman–Crippen LogP) is 4.32. The van der Waals surface area contributed by atoms with Gasteiger partial charge < -0.3 is 0 Å². The monoisotopic (exact) mass is 288 g/mol. The summed E-state index contributed by atoms with van der Waals surface area (Å²) in [7, 11) is 0. The molecule has 1 unspecified atom stereocenters. The first kappa shape index (κ1) is 15.0. The Morgan fingerprint density at radius 1 is 1.00 bits per heavy atom. The van der Waals surface area contributed by atoms with Gasteiger partial charge in [0.2, 0.25) is 0 Å². The van der Waals surface area contributed by atoms with E-state index in [4.69, 9.17) is 17.4 Å². The van der Waals surface area contributed by atoms with Gasteiger partial charge in [-0.1, -0.05) is 67.9 Å². The highest BCUT2D eigenvalue weighted by Crippen LogP contribution is 2.30. The van der Waals surface area contributed by atoms with Crippen LogP contribution in [0.2, 0.25) is 5.02 Å². The van der Waals surface area contributed by atoms with E-state index in [1.54, 1.807) is 0 Å². The van der Waals surface area contributed by atoms with Crippen molar-refractivity contribution in [2.75, 3.05) is 0 Å². The van der Waals surface area contributed by atoms with Crippen LogP contribution in [-0.4, -0.2) is 0 Å². The molecule has 3 N–H and O–H groups in total. The van der Waals surface area contributed by atoms with E-state index < -0.39 is 0 Å². The van der Waals surface area contributed by atoms with Gasteiger partial charge in [-0.25, -0.2) is 5.43 Å². The highest BCUT2D eigenvalue weighted by atomic mass is 35.5. The highest BCUT2D eigenvalue weighted by molar-refractivity contribution is 6.32. The van der Waals surface area contributed by atoms with Crippen molar-refractivity contribution in [1.29, 1.82) is 0 Å². The average molecular weight is 289 g/mol. The molecule has 0 aliphatic carbocycles. The Bertz CT molecular complexity index is 576. The molecule has 0 aromatic heterocycles. The molecule has 3 heteroatoms. The number of aryl methyl sites for hydroxylation is 1. The van der Waals surface area contributed by atoms with Gasteiger partial charge in [0.25, 0.3) is 0 Å². The zero-order valence-corrected chi connectivity index (χ0v) is 12.9. The fourth-order valence-electron chi connectivity index (χ4n) is 2.33. The summed E-state index contributed by atoms with van der Waals surface area (Å²) >= 11 is 6.40. The minimum atomic E-state index is -0.0939. The molecule has 0 aliphatic heterocycles. The van der Waals surface area contributed by atoms with Crippen LogP contribution in [0.3, 0.4) is 0 Å². The molecule has 2 rings (SSSR count). The lowest BCUT2D eigenvalue weighted by Gasteiger charge is -2.20. The van der Waals surface area contributed by atoms with Crippen molar-refractivity contribution < 1.29 is 0 Å². The third-order valence-electron chi connectivity index (χ3n) is 3.64. The van der Waals surface area contributed by atoms with Gasteiger partial charge in [-0.3, -0.25) is 5.84 Å². The molecule has 0 aliphatic rings. The van der Waals surface area contributed by atoms with Crippen LogP contribution >= 0.6 is 11.6 Å². The van der Waals surface area contributed by atoms with Crippen LogP contribution in [0, 0.1) is 6.92 Å². The second kappa shape index (κ2) is 6.40. The minimum absolute atomic E-state index is 0.0939. The highest BCUT2D eigenvalue weighted by Gasteiger charge is 2.16. The van der Waals surface area contributed by atoms with E-state index in [0.29, 0.717) is 5.92 Å². The summed E-state index contributed by atoms with van der Waals surface area (Å²) in [5, 5.41) is 0.767. The zero-order valence-electron chi connectivity index (χ0n) is 12.2. The second-order valence-corrected chi connectivity index (χ2v) is 5.78. The average Bonchev–Trinajstić information content (AvgIpc) is 2.45. The number of benzene rings is 2. The largest absolute Gasteiger partial charge is 0.271 e. The molecule has 0 amide bonds. The quantitative estimate of drug-likeness (QED) is 0.649. The van der Waals surface area contributed by atoms with Crippen LogP contribution in [0.4, 0.5) is 0 Å². The molecule has 0 fully saturated rings. The summed E-state index contributed by atoms with van der Waals surface area (Å²) in [5.41, 5.74) is 7.37. The molecule has 0 saturated carbocycles. The Balaban J connectivity index is 2.39. The van der Waals surface area contributed by atoms with E-state index in [2.05, 4.69) is 43.5 Å². The normalized spacial score (nSPS) is 12.7. The van der Waals surface area contributed by atoms with Gasteiger partial charge in [0.05, 0.1) is 6.04 Å². The van der Waals surface area contributed by atoms with Gasteiger partial charge in [0.1, 0.15) is 0 Å². The third-order valence-corrected chi connectivity index (χ3v) is 4.15.